The summed E-state index contributed by atoms with van der Waals surface area (Å²) >= 11 is 0. The molecule has 0 aliphatic rings. The van der Waals surface area contributed by atoms with Crippen molar-refractivity contribution < 1.29 is 19.7 Å². The number of carbonyl (C=O) groups is 1. The molecule has 0 saturated carbocycles. The molecule has 0 saturated heterocycles. The van der Waals surface area contributed by atoms with Gasteiger partial charge in [-0.2, -0.15) is 5.26 Å². The lowest BCUT2D eigenvalue weighted by molar-refractivity contribution is 0.0214. The number of rotatable bonds is 4. The Labute approximate surface area is 98.1 Å². The average molecular weight is 236 g/mol. The fraction of sp³-hybridized carbons (Fsp3) is 0.364. The van der Waals surface area contributed by atoms with E-state index in [0.29, 0.717) is 5.56 Å². The van der Waals surface area contributed by atoms with Crippen LogP contribution in [0, 0.1) is 11.3 Å². The van der Waals surface area contributed by atoms with Gasteiger partial charge in [-0.3, -0.25) is 0 Å². The SMILES string of the molecule is COC(=O)c1ccc(C(O)C(O)CC#N)cn1. The second kappa shape index (κ2) is 5.94. The lowest BCUT2D eigenvalue weighted by Crippen LogP contribution is -2.18. The number of aliphatic hydroxyl groups is 2. The molecule has 0 spiro atoms. The highest BCUT2D eigenvalue weighted by Gasteiger charge is 2.19. The minimum Gasteiger partial charge on any atom is -0.464 e. The fourth-order valence-electron chi connectivity index (χ4n) is 1.23. The molecule has 90 valence electrons. The molecule has 1 heterocycles. The highest BCUT2D eigenvalue weighted by atomic mass is 16.5. The van der Waals surface area contributed by atoms with Gasteiger partial charge in [0.05, 0.1) is 25.7 Å². The van der Waals surface area contributed by atoms with E-state index in [-0.39, 0.29) is 12.1 Å². The van der Waals surface area contributed by atoms with Crippen LogP contribution in [0.4, 0.5) is 0 Å². The van der Waals surface area contributed by atoms with Crippen LogP contribution in [0.25, 0.3) is 0 Å². The van der Waals surface area contributed by atoms with E-state index in [1.54, 1.807) is 6.07 Å². The average Bonchev–Trinajstić information content (AvgIpc) is 2.37. The summed E-state index contributed by atoms with van der Waals surface area (Å²) in [5.41, 5.74) is 0.443. The van der Waals surface area contributed by atoms with Crippen LogP contribution >= 0.6 is 0 Å². The number of esters is 1. The van der Waals surface area contributed by atoms with Gasteiger partial charge in [0.2, 0.25) is 0 Å². The Balaban J connectivity index is 2.81. The fourth-order valence-corrected chi connectivity index (χ4v) is 1.23. The summed E-state index contributed by atoms with van der Waals surface area (Å²) in [6.07, 6.45) is -1.29. The first-order valence-electron chi connectivity index (χ1n) is 4.87. The minimum atomic E-state index is -1.20. The largest absolute Gasteiger partial charge is 0.464 e. The Hall–Kier alpha value is -1.97. The van der Waals surface area contributed by atoms with E-state index in [2.05, 4.69) is 9.72 Å². The van der Waals surface area contributed by atoms with Crippen molar-refractivity contribution in [3.05, 3.63) is 29.6 Å². The number of methoxy groups -OCH3 is 1. The lowest BCUT2D eigenvalue weighted by atomic mass is 10.0. The number of aliphatic hydroxyl groups excluding tert-OH is 2. The molecule has 0 aliphatic carbocycles. The van der Waals surface area contributed by atoms with E-state index in [1.807, 2.05) is 0 Å². The van der Waals surface area contributed by atoms with Crippen molar-refractivity contribution in [1.29, 1.82) is 5.26 Å². The first-order chi connectivity index (χ1) is 8.10. The highest BCUT2D eigenvalue weighted by molar-refractivity contribution is 5.86. The van der Waals surface area contributed by atoms with Crippen LogP contribution in [0.5, 0.6) is 0 Å². The Bertz CT molecular complexity index is 424. The Kier molecular flexibility index (Phi) is 4.57. The van der Waals surface area contributed by atoms with Crippen molar-refractivity contribution in [1.82, 2.24) is 4.98 Å². The quantitative estimate of drug-likeness (QED) is 0.722. The van der Waals surface area contributed by atoms with Gasteiger partial charge >= 0.3 is 5.97 Å². The molecule has 0 fully saturated rings. The zero-order valence-corrected chi connectivity index (χ0v) is 9.20. The third kappa shape index (κ3) is 3.24. The van der Waals surface area contributed by atoms with Gasteiger partial charge in [-0.1, -0.05) is 6.07 Å². The van der Waals surface area contributed by atoms with Crippen molar-refractivity contribution in [3.8, 4) is 6.07 Å². The molecular weight excluding hydrogens is 224 g/mol. The lowest BCUT2D eigenvalue weighted by Gasteiger charge is -2.15. The van der Waals surface area contributed by atoms with Crippen molar-refractivity contribution >= 4 is 5.97 Å². The first kappa shape index (κ1) is 13.1. The van der Waals surface area contributed by atoms with Crippen molar-refractivity contribution in [2.45, 2.75) is 18.6 Å². The molecule has 0 bridgehead atoms. The zero-order valence-electron chi connectivity index (χ0n) is 9.20. The second-order valence-electron chi connectivity index (χ2n) is 3.34. The number of carbonyl (C=O) groups excluding carboxylic acids is 1. The summed E-state index contributed by atoms with van der Waals surface area (Å²) in [4.78, 5) is 14.9. The number of pyridine rings is 1. The van der Waals surface area contributed by atoms with Crippen LogP contribution in [-0.4, -0.2) is 34.4 Å². The zero-order chi connectivity index (χ0) is 12.8. The topological polar surface area (TPSA) is 103 Å². The summed E-state index contributed by atoms with van der Waals surface area (Å²) in [7, 11) is 1.24. The van der Waals surface area contributed by atoms with Crippen LogP contribution in [0.1, 0.15) is 28.6 Å². The van der Waals surface area contributed by atoms with Gasteiger partial charge in [0, 0.05) is 11.8 Å². The van der Waals surface area contributed by atoms with E-state index in [1.165, 1.54) is 25.4 Å². The second-order valence-corrected chi connectivity index (χ2v) is 3.34. The molecular formula is C11H12N2O4. The molecule has 0 aromatic carbocycles. The molecule has 0 aliphatic heterocycles. The van der Waals surface area contributed by atoms with Gasteiger partial charge < -0.3 is 14.9 Å². The number of aromatic nitrogens is 1. The maximum atomic E-state index is 11.1. The van der Waals surface area contributed by atoms with Crippen molar-refractivity contribution in [3.63, 3.8) is 0 Å². The smallest absolute Gasteiger partial charge is 0.356 e. The summed E-state index contributed by atoms with van der Waals surface area (Å²) in [5, 5.41) is 27.4. The molecule has 1 aromatic heterocycles. The van der Waals surface area contributed by atoms with Gasteiger partial charge in [-0.15, -0.1) is 0 Å². The predicted octanol–water partition coefficient (Wildman–Crippen LogP) is 0.176. The predicted molar refractivity (Wildman–Crippen MR) is 56.8 cm³/mol. The van der Waals surface area contributed by atoms with E-state index < -0.39 is 18.2 Å². The molecule has 6 heteroatoms. The molecule has 2 atom stereocenters. The van der Waals surface area contributed by atoms with Crippen LogP contribution < -0.4 is 0 Å². The number of nitrogens with zero attached hydrogens (tertiary/aromatic N) is 2. The van der Waals surface area contributed by atoms with Crippen LogP contribution in [0.3, 0.4) is 0 Å². The van der Waals surface area contributed by atoms with Crippen LogP contribution in [-0.2, 0) is 4.74 Å². The first-order valence-corrected chi connectivity index (χ1v) is 4.87. The number of hydrogen-bond acceptors (Lipinski definition) is 6. The third-order valence-electron chi connectivity index (χ3n) is 2.19. The maximum Gasteiger partial charge on any atom is 0.356 e. The van der Waals surface area contributed by atoms with Crippen LogP contribution in [0.15, 0.2) is 18.3 Å². The highest BCUT2D eigenvalue weighted by Crippen LogP contribution is 2.18. The Morgan fingerprint density at radius 3 is 2.76 bits per heavy atom. The standard InChI is InChI=1S/C11H12N2O4/c1-17-11(16)8-3-2-7(6-13-8)10(15)9(14)4-5-12/h2-3,6,9-10,14-15H,4H2,1H3. The summed E-state index contributed by atoms with van der Waals surface area (Å²) in [5.74, 6) is -0.580. The molecule has 0 radical (unpaired) electrons. The number of hydrogen-bond donors (Lipinski definition) is 2. The molecule has 1 aromatic rings. The number of nitriles is 1. The van der Waals surface area contributed by atoms with Crippen LogP contribution in [0.2, 0.25) is 0 Å². The van der Waals surface area contributed by atoms with E-state index in [4.69, 9.17) is 5.26 Å². The molecule has 17 heavy (non-hydrogen) atoms. The number of ether oxygens (including phenoxy) is 1. The molecule has 1 rings (SSSR count). The Morgan fingerprint density at radius 2 is 2.29 bits per heavy atom. The maximum absolute atomic E-state index is 11.1. The summed E-state index contributed by atoms with van der Waals surface area (Å²) in [6, 6.07) is 4.58. The molecule has 2 unspecified atom stereocenters. The van der Waals surface area contributed by atoms with Gasteiger partial charge in [-0.25, -0.2) is 9.78 Å². The summed E-state index contributed by atoms with van der Waals surface area (Å²) in [6.45, 7) is 0. The Morgan fingerprint density at radius 1 is 1.59 bits per heavy atom. The van der Waals surface area contributed by atoms with Crippen molar-refractivity contribution in [2.24, 2.45) is 0 Å². The molecule has 6 nitrogen and oxygen atoms in total. The monoisotopic (exact) mass is 236 g/mol. The third-order valence-corrected chi connectivity index (χ3v) is 2.19. The summed E-state index contributed by atoms with van der Waals surface area (Å²) < 4.78 is 4.47. The van der Waals surface area contributed by atoms with Gasteiger partial charge in [0.1, 0.15) is 11.8 Å². The van der Waals surface area contributed by atoms with E-state index >= 15 is 0 Å². The van der Waals surface area contributed by atoms with E-state index in [9.17, 15) is 15.0 Å². The molecule has 0 amide bonds. The van der Waals surface area contributed by atoms with Gasteiger partial charge in [0.15, 0.2) is 0 Å². The van der Waals surface area contributed by atoms with Gasteiger partial charge in [-0.05, 0) is 6.07 Å². The van der Waals surface area contributed by atoms with E-state index in [0.717, 1.165) is 0 Å². The molecule has 2 N–H and O–H groups in total. The minimum absolute atomic E-state index is 0.109. The van der Waals surface area contributed by atoms with Crippen molar-refractivity contribution in [2.75, 3.05) is 7.11 Å². The normalized spacial score (nSPS) is 13.5. The van der Waals surface area contributed by atoms with Gasteiger partial charge in [0.25, 0.3) is 0 Å².